The van der Waals surface area contributed by atoms with Crippen LogP contribution in [-0.2, 0) is 22.4 Å². The first-order chi connectivity index (χ1) is 18.8. The molecule has 8 heteroatoms. The van der Waals surface area contributed by atoms with Gasteiger partial charge in [-0.15, -0.1) is 0 Å². The van der Waals surface area contributed by atoms with Gasteiger partial charge < -0.3 is 25.0 Å². The van der Waals surface area contributed by atoms with E-state index in [1.807, 2.05) is 24.3 Å². The molecule has 2 aliphatic rings. The van der Waals surface area contributed by atoms with Crippen molar-refractivity contribution in [3.05, 3.63) is 101 Å². The minimum Gasteiger partial charge on any atom is -0.394 e. The van der Waals surface area contributed by atoms with Crippen LogP contribution < -0.4 is 4.90 Å². The Morgan fingerprint density at radius 2 is 1.49 bits per heavy atom. The first-order valence-electron chi connectivity index (χ1n) is 13.4. The molecule has 2 fully saturated rings. The number of β-lactam (4-membered cyclic amide) rings is 1. The van der Waals surface area contributed by atoms with Crippen LogP contribution >= 0.6 is 0 Å². The Bertz CT molecular complexity index is 1250. The van der Waals surface area contributed by atoms with Crippen molar-refractivity contribution in [1.82, 2.24) is 0 Å². The van der Waals surface area contributed by atoms with Gasteiger partial charge in [0.2, 0.25) is 5.91 Å². The second kappa shape index (κ2) is 11.9. The number of rotatable bonds is 9. The van der Waals surface area contributed by atoms with Crippen molar-refractivity contribution in [1.29, 1.82) is 0 Å². The Labute approximate surface area is 226 Å². The Morgan fingerprint density at radius 1 is 0.872 bits per heavy atom. The molecule has 2 heterocycles. The first-order valence-corrected chi connectivity index (χ1v) is 13.4. The van der Waals surface area contributed by atoms with E-state index in [2.05, 4.69) is 0 Å². The maximum absolute atomic E-state index is 13.6. The zero-order valence-electron chi connectivity index (χ0n) is 21.5. The molecule has 3 aromatic rings. The Hall–Kier alpha value is -3.17. The smallest absolute Gasteiger partial charge is 0.233 e. The molecule has 1 unspecified atom stereocenters. The van der Waals surface area contributed by atoms with Gasteiger partial charge in [0.15, 0.2) is 0 Å². The quantitative estimate of drug-likeness (QED) is 0.358. The van der Waals surface area contributed by atoms with Gasteiger partial charge >= 0.3 is 0 Å². The molecule has 0 saturated carbocycles. The number of aryl methyl sites for hydroxylation is 1. The number of benzene rings is 3. The molecule has 3 aromatic carbocycles. The summed E-state index contributed by atoms with van der Waals surface area (Å²) in [5.41, 5.74) is 3.47. The molecule has 1 amide bonds. The maximum Gasteiger partial charge on any atom is 0.233 e. The van der Waals surface area contributed by atoms with E-state index in [1.54, 1.807) is 29.2 Å². The number of carbonyl (C=O) groups is 1. The van der Waals surface area contributed by atoms with Gasteiger partial charge in [-0.05, 0) is 72.4 Å². The van der Waals surface area contributed by atoms with E-state index in [0.29, 0.717) is 18.5 Å². The number of halogens is 2. The second-order valence-corrected chi connectivity index (χ2v) is 10.5. The fourth-order valence-electron chi connectivity index (χ4n) is 5.69. The second-order valence-electron chi connectivity index (χ2n) is 10.5. The fraction of sp³-hybridized carbons (Fsp3) is 0.387. The van der Waals surface area contributed by atoms with E-state index in [4.69, 9.17) is 4.74 Å². The third-order valence-electron chi connectivity index (χ3n) is 7.82. The van der Waals surface area contributed by atoms with Crippen LogP contribution in [0.1, 0.15) is 42.0 Å². The van der Waals surface area contributed by atoms with E-state index in [0.717, 1.165) is 29.5 Å². The molecule has 6 nitrogen and oxygen atoms in total. The molecule has 0 radical (unpaired) electrons. The molecule has 6 atom stereocenters. The van der Waals surface area contributed by atoms with Crippen LogP contribution in [0.5, 0.6) is 0 Å². The molecule has 5 rings (SSSR count). The predicted octanol–water partition coefficient (Wildman–Crippen LogP) is 4.11. The highest BCUT2D eigenvalue weighted by Crippen LogP contribution is 2.45. The highest BCUT2D eigenvalue weighted by Gasteiger charge is 2.48. The number of carbonyl (C=O) groups excluding carboxylic acids is 1. The number of anilines is 1. The van der Waals surface area contributed by atoms with E-state index >= 15 is 0 Å². The lowest BCUT2D eigenvalue weighted by Gasteiger charge is -2.48. The fourth-order valence-corrected chi connectivity index (χ4v) is 5.69. The topological polar surface area (TPSA) is 90.2 Å². The van der Waals surface area contributed by atoms with Crippen molar-refractivity contribution in [2.75, 3.05) is 11.5 Å². The Kier molecular flexibility index (Phi) is 8.37. The zero-order chi connectivity index (χ0) is 27.5. The number of aliphatic hydroxyl groups is 3. The zero-order valence-corrected chi connectivity index (χ0v) is 21.5. The average molecular weight is 538 g/mol. The van der Waals surface area contributed by atoms with Crippen LogP contribution in [0.4, 0.5) is 14.5 Å². The molecule has 0 spiro atoms. The summed E-state index contributed by atoms with van der Waals surface area (Å²) in [7, 11) is 0. The number of nitrogens with zero attached hydrogens (tertiary/aromatic N) is 1. The summed E-state index contributed by atoms with van der Waals surface area (Å²) < 4.78 is 32.6. The van der Waals surface area contributed by atoms with Gasteiger partial charge in [-0.25, -0.2) is 8.78 Å². The maximum atomic E-state index is 13.6. The number of aliphatic hydroxyl groups excluding tert-OH is 3. The lowest BCUT2D eigenvalue weighted by atomic mass is 9.78. The van der Waals surface area contributed by atoms with Gasteiger partial charge in [-0.2, -0.15) is 0 Å². The SMILES string of the molecule is O=C1[C@H](CCCc2ccc(F)cc2)[C@@H](c2ccc(C[C@@H]3OC(CO)C[C@H](O)[C@H]3O)cc2)N1c1ccc(F)cc1. The van der Waals surface area contributed by atoms with Gasteiger partial charge in [-0.1, -0.05) is 36.4 Å². The third kappa shape index (κ3) is 6.04. The average Bonchev–Trinajstić information content (AvgIpc) is 2.94. The number of amides is 1. The molecular formula is C31H33F2NO5. The van der Waals surface area contributed by atoms with E-state index in [-0.39, 0.29) is 42.5 Å². The molecule has 0 aromatic heterocycles. The molecule has 0 bridgehead atoms. The van der Waals surface area contributed by atoms with Crippen LogP contribution in [0, 0.1) is 17.6 Å². The summed E-state index contributed by atoms with van der Waals surface area (Å²) in [5, 5.41) is 29.9. The summed E-state index contributed by atoms with van der Waals surface area (Å²) >= 11 is 0. The molecule has 2 aliphatic heterocycles. The van der Waals surface area contributed by atoms with Gasteiger partial charge in [0.1, 0.15) is 17.7 Å². The molecule has 2 saturated heterocycles. The van der Waals surface area contributed by atoms with E-state index in [1.165, 1.54) is 24.3 Å². The number of ether oxygens (including phenoxy) is 1. The van der Waals surface area contributed by atoms with Crippen LogP contribution in [0.2, 0.25) is 0 Å². The minimum absolute atomic E-state index is 0.0162. The van der Waals surface area contributed by atoms with Gasteiger partial charge in [0, 0.05) is 18.5 Å². The van der Waals surface area contributed by atoms with Crippen LogP contribution in [0.3, 0.4) is 0 Å². The molecule has 39 heavy (non-hydrogen) atoms. The third-order valence-corrected chi connectivity index (χ3v) is 7.82. The van der Waals surface area contributed by atoms with Crippen molar-refractivity contribution >= 4 is 11.6 Å². The van der Waals surface area contributed by atoms with Crippen molar-refractivity contribution in [3.63, 3.8) is 0 Å². The summed E-state index contributed by atoms with van der Waals surface area (Å²) in [6.45, 7) is -0.226. The summed E-state index contributed by atoms with van der Waals surface area (Å²) in [6.07, 6.45) is -0.465. The van der Waals surface area contributed by atoms with Crippen LogP contribution in [0.15, 0.2) is 72.8 Å². The van der Waals surface area contributed by atoms with Gasteiger partial charge in [0.05, 0.1) is 36.9 Å². The van der Waals surface area contributed by atoms with Crippen molar-refractivity contribution in [2.45, 2.75) is 62.6 Å². The lowest BCUT2D eigenvalue weighted by Crippen LogP contribution is -2.55. The lowest BCUT2D eigenvalue weighted by molar-refractivity contribution is -0.176. The summed E-state index contributed by atoms with van der Waals surface area (Å²) in [4.78, 5) is 15.0. The van der Waals surface area contributed by atoms with Crippen LogP contribution in [-0.4, -0.2) is 52.2 Å². The molecule has 3 N–H and O–H groups in total. The van der Waals surface area contributed by atoms with Gasteiger partial charge in [-0.3, -0.25) is 4.79 Å². The molecule has 206 valence electrons. The highest BCUT2D eigenvalue weighted by atomic mass is 19.1. The van der Waals surface area contributed by atoms with E-state index in [9.17, 15) is 28.9 Å². The largest absolute Gasteiger partial charge is 0.394 e. The van der Waals surface area contributed by atoms with Gasteiger partial charge in [0.25, 0.3) is 0 Å². The summed E-state index contributed by atoms with van der Waals surface area (Å²) in [5.74, 6) is -0.910. The standard InChI is InChI=1S/C31H33F2NO5/c32-22-10-6-19(7-11-22)2-1-3-26-29(34(31(26)38)24-14-12-23(33)13-15-24)21-8-4-20(5-9-21)16-28-30(37)27(36)17-25(18-35)39-28/h4-15,25-30,35-37H,1-3,16-18H2/t25?,26-,27+,28+,29-,30-/m1/s1. The molecular weight excluding hydrogens is 504 g/mol. The Morgan fingerprint density at radius 3 is 2.13 bits per heavy atom. The highest BCUT2D eigenvalue weighted by molar-refractivity contribution is 6.03. The monoisotopic (exact) mass is 537 g/mol. The number of hydrogen-bond donors (Lipinski definition) is 3. The first kappa shape index (κ1) is 27.4. The van der Waals surface area contributed by atoms with Crippen molar-refractivity contribution in [2.24, 2.45) is 5.92 Å². The molecule has 0 aliphatic carbocycles. The minimum atomic E-state index is -1.05. The normalized spacial score (nSPS) is 26.9. The van der Waals surface area contributed by atoms with Crippen molar-refractivity contribution in [3.8, 4) is 0 Å². The van der Waals surface area contributed by atoms with Crippen LogP contribution in [0.25, 0.3) is 0 Å². The van der Waals surface area contributed by atoms with E-state index < -0.39 is 24.4 Å². The summed E-state index contributed by atoms with van der Waals surface area (Å²) in [6, 6.07) is 19.8. The number of hydrogen-bond acceptors (Lipinski definition) is 5. The van der Waals surface area contributed by atoms with Crippen molar-refractivity contribution < 1.29 is 33.6 Å². The predicted molar refractivity (Wildman–Crippen MR) is 142 cm³/mol. The Balaban J connectivity index is 1.31.